The third-order valence-corrected chi connectivity index (χ3v) is 1.51. The molecular formula is C9H18O3. The molecule has 72 valence electrons. The van der Waals surface area contributed by atoms with Crippen LogP contribution in [0.25, 0.3) is 0 Å². The summed E-state index contributed by atoms with van der Waals surface area (Å²) in [6.07, 6.45) is 1.01. The summed E-state index contributed by atoms with van der Waals surface area (Å²) in [5.74, 6) is 0. The lowest BCUT2D eigenvalue weighted by molar-refractivity contribution is 0.00509. The van der Waals surface area contributed by atoms with Crippen molar-refractivity contribution in [3.05, 3.63) is 0 Å². The van der Waals surface area contributed by atoms with Gasteiger partial charge in [0.2, 0.25) is 0 Å². The minimum Gasteiger partial charge on any atom is -0.432 e. The van der Waals surface area contributed by atoms with Gasteiger partial charge >= 0.3 is 6.16 Å². The van der Waals surface area contributed by atoms with Gasteiger partial charge in [0.25, 0.3) is 0 Å². The Labute approximate surface area is 74.0 Å². The Bertz CT molecular complexity index is 128. The number of hydrogen-bond acceptors (Lipinski definition) is 3. The molecule has 0 aromatic carbocycles. The summed E-state index contributed by atoms with van der Waals surface area (Å²) in [6.45, 7) is 7.57. The average Bonchev–Trinajstić information content (AvgIpc) is 1.98. The fourth-order valence-corrected chi connectivity index (χ4v) is 0.812. The zero-order valence-corrected chi connectivity index (χ0v) is 8.29. The average molecular weight is 174 g/mol. The van der Waals surface area contributed by atoms with Crippen LogP contribution in [0.3, 0.4) is 0 Å². The molecular weight excluding hydrogens is 156 g/mol. The number of carbonyl (C=O) groups is 1. The summed E-state index contributed by atoms with van der Waals surface area (Å²) in [7, 11) is 0. The molecule has 0 rings (SSSR count). The summed E-state index contributed by atoms with van der Waals surface area (Å²) in [4.78, 5) is 10.9. The van der Waals surface area contributed by atoms with Crippen LogP contribution in [0, 0.1) is 0 Å². The van der Waals surface area contributed by atoms with Gasteiger partial charge in [0.1, 0.15) is 6.10 Å². The lowest BCUT2D eigenvalue weighted by atomic mass is 10.2. The molecule has 0 aliphatic heterocycles. The first-order valence-corrected chi connectivity index (χ1v) is 4.47. The Morgan fingerprint density at radius 2 is 1.67 bits per heavy atom. The monoisotopic (exact) mass is 174 g/mol. The Hall–Kier alpha value is -0.730. The van der Waals surface area contributed by atoms with Crippen LogP contribution >= 0.6 is 0 Å². The highest BCUT2D eigenvalue weighted by Crippen LogP contribution is 2.05. The van der Waals surface area contributed by atoms with Gasteiger partial charge in [0, 0.05) is 0 Å². The zero-order chi connectivity index (χ0) is 9.56. The third kappa shape index (κ3) is 4.99. The van der Waals surface area contributed by atoms with Crippen molar-refractivity contribution >= 4 is 6.16 Å². The maximum atomic E-state index is 10.9. The van der Waals surface area contributed by atoms with Gasteiger partial charge in [0.05, 0.1) is 6.10 Å². The quantitative estimate of drug-likeness (QED) is 0.615. The normalized spacial score (nSPS) is 10.5. The van der Waals surface area contributed by atoms with Crippen molar-refractivity contribution in [2.24, 2.45) is 0 Å². The molecule has 0 aromatic rings. The van der Waals surface area contributed by atoms with E-state index in [4.69, 9.17) is 9.47 Å². The molecule has 0 aliphatic rings. The summed E-state index contributed by atoms with van der Waals surface area (Å²) in [6, 6.07) is 0. The van der Waals surface area contributed by atoms with Gasteiger partial charge in [0.15, 0.2) is 0 Å². The van der Waals surface area contributed by atoms with E-state index in [1.165, 1.54) is 0 Å². The van der Waals surface area contributed by atoms with E-state index in [2.05, 4.69) is 0 Å². The molecule has 0 bridgehead atoms. The minimum atomic E-state index is -0.557. The summed E-state index contributed by atoms with van der Waals surface area (Å²) < 4.78 is 9.82. The lowest BCUT2D eigenvalue weighted by Crippen LogP contribution is -2.20. The van der Waals surface area contributed by atoms with Crippen molar-refractivity contribution in [2.45, 2.75) is 52.7 Å². The van der Waals surface area contributed by atoms with Crippen molar-refractivity contribution in [3.8, 4) is 0 Å². The second-order valence-electron chi connectivity index (χ2n) is 2.97. The van der Waals surface area contributed by atoms with Gasteiger partial charge in [-0.3, -0.25) is 0 Å². The summed E-state index contributed by atoms with van der Waals surface area (Å²) >= 11 is 0. The highest BCUT2D eigenvalue weighted by Gasteiger charge is 2.12. The predicted molar refractivity (Wildman–Crippen MR) is 47.1 cm³/mol. The van der Waals surface area contributed by atoms with E-state index in [0.29, 0.717) is 0 Å². The van der Waals surface area contributed by atoms with Crippen molar-refractivity contribution in [3.63, 3.8) is 0 Å². The van der Waals surface area contributed by atoms with E-state index < -0.39 is 6.16 Å². The van der Waals surface area contributed by atoms with E-state index in [9.17, 15) is 4.79 Å². The third-order valence-electron chi connectivity index (χ3n) is 1.51. The van der Waals surface area contributed by atoms with E-state index in [1.807, 2.05) is 13.8 Å². The molecule has 0 saturated carbocycles. The Balaban J connectivity index is 3.66. The van der Waals surface area contributed by atoms with Crippen LogP contribution in [0.1, 0.15) is 40.5 Å². The Morgan fingerprint density at radius 3 is 2.00 bits per heavy atom. The van der Waals surface area contributed by atoms with Gasteiger partial charge < -0.3 is 9.47 Å². The molecule has 0 N–H and O–H groups in total. The van der Waals surface area contributed by atoms with Crippen LogP contribution in [0.2, 0.25) is 0 Å². The van der Waals surface area contributed by atoms with E-state index >= 15 is 0 Å². The standard InChI is InChI=1S/C9H18O3/c1-5-8(6-2)12-9(10)11-7(3)4/h7-8H,5-6H2,1-4H3. The number of hydrogen-bond donors (Lipinski definition) is 0. The van der Waals surface area contributed by atoms with Crippen molar-refractivity contribution in [1.82, 2.24) is 0 Å². The van der Waals surface area contributed by atoms with Crippen LogP contribution in [0.15, 0.2) is 0 Å². The Morgan fingerprint density at radius 1 is 1.17 bits per heavy atom. The van der Waals surface area contributed by atoms with Gasteiger partial charge in [-0.25, -0.2) is 4.79 Å². The Kier molecular flexibility index (Phi) is 5.51. The predicted octanol–water partition coefficient (Wildman–Crippen LogP) is 2.74. The molecule has 0 amide bonds. The van der Waals surface area contributed by atoms with E-state index in [0.717, 1.165) is 12.8 Å². The number of carbonyl (C=O) groups excluding carboxylic acids is 1. The second kappa shape index (κ2) is 5.86. The molecule has 0 spiro atoms. The minimum absolute atomic E-state index is 0.00347. The first-order valence-electron chi connectivity index (χ1n) is 4.47. The topological polar surface area (TPSA) is 35.5 Å². The van der Waals surface area contributed by atoms with Crippen molar-refractivity contribution in [2.75, 3.05) is 0 Å². The highest BCUT2D eigenvalue weighted by atomic mass is 16.7. The van der Waals surface area contributed by atoms with Crippen molar-refractivity contribution in [1.29, 1.82) is 0 Å². The molecule has 0 atom stereocenters. The van der Waals surface area contributed by atoms with Gasteiger partial charge in [-0.05, 0) is 26.7 Å². The van der Waals surface area contributed by atoms with E-state index in [-0.39, 0.29) is 12.2 Å². The number of ether oxygens (including phenoxy) is 2. The first-order chi connectivity index (χ1) is 5.60. The molecule has 0 saturated heterocycles. The van der Waals surface area contributed by atoms with Crippen LogP contribution in [-0.2, 0) is 9.47 Å². The molecule has 0 aliphatic carbocycles. The smallest absolute Gasteiger partial charge is 0.432 e. The molecule has 0 fully saturated rings. The van der Waals surface area contributed by atoms with Gasteiger partial charge in [-0.15, -0.1) is 0 Å². The maximum absolute atomic E-state index is 10.9. The highest BCUT2D eigenvalue weighted by molar-refractivity contribution is 5.60. The van der Waals surface area contributed by atoms with Gasteiger partial charge in [-0.2, -0.15) is 0 Å². The fourth-order valence-electron chi connectivity index (χ4n) is 0.812. The van der Waals surface area contributed by atoms with Crippen LogP contribution in [-0.4, -0.2) is 18.4 Å². The van der Waals surface area contributed by atoms with Crippen LogP contribution in [0.4, 0.5) is 4.79 Å². The van der Waals surface area contributed by atoms with Crippen molar-refractivity contribution < 1.29 is 14.3 Å². The number of rotatable bonds is 4. The SMILES string of the molecule is CCC(CC)OC(=O)OC(C)C. The van der Waals surface area contributed by atoms with Crippen LogP contribution < -0.4 is 0 Å². The first kappa shape index (κ1) is 11.3. The second-order valence-corrected chi connectivity index (χ2v) is 2.97. The molecule has 3 heteroatoms. The molecule has 0 unspecified atom stereocenters. The molecule has 0 radical (unpaired) electrons. The maximum Gasteiger partial charge on any atom is 0.508 e. The molecule has 3 nitrogen and oxygen atoms in total. The summed E-state index contributed by atoms with van der Waals surface area (Å²) in [5, 5.41) is 0. The lowest BCUT2D eigenvalue weighted by Gasteiger charge is -2.14. The fraction of sp³-hybridized carbons (Fsp3) is 0.889. The molecule has 0 aromatic heterocycles. The molecule has 0 heterocycles. The zero-order valence-electron chi connectivity index (χ0n) is 8.29. The van der Waals surface area contributed by atoms with Gasteiger partial charge in [-0.1, -0.05) is 13.8 Å². The largest absolute Gasteiger partial charge is 0.508 e. The van der Waals surface area contributed by atoms with E-state index in [1.54, 1.807) is 13.8 Å². The molecule has 12 heavy (non-hydrogen) atoms. The van der Waals surface area contributed by atoms with Crippen LogP contribution in [0.5, 0.6) is 0 Å². The summed E-state index contributed by atoms with van der Waals surface area (Å²) in [5.41, 5.74) is 0.